The number of halogens is 1. The minimum Gasteiger partial charge on any atom is -0.399 e. The molecular formula is C12H13BrN2O2S2. The Labute approximate surface area is 124 Å². The van der Waals surface area contributed by atoms with Crippen molar-refractivity contribution in [2.75, 3.05) is 12.3 Å². The minimum absolute atomic E-state index is 0.231. The summed E-state index contributed by atoms with van der Waals surface area (Å²) < 4.78 is 27.6. The van der Waals surface area contributed by atoms with Gasteiger partial charge >= 0.3 is 0 Å². The van der Waals surface area contributed by atoms with Crippen LogP contribution in [0.25, 0.3) is 0 Å². The minimum atomic E-state index is -3.45. The summed E-state index contributed by atoms with van der Waals surface area (Å²) in [6.45, 7) is 0.375. The first-order valence-corrected chi connectivity index (χ1v) is 8.66. The molecule has 3 N–H and O–H groups in total. The number of rotatable bonds is 5. The molecule has 0 aliphatic carbocycles. The Bertz CT molecular complexity index is 651. The van der Waals surface area contributed by atoms with Gasteiger partial charge in [0.15, 0.2) is 0 Å². The van der Waals surface area contributed by atoms with Crippen LogP contribution in [0.5, 0.6) is 0 Å². The molecule has 4 nitrogen and oxygen atoms in total. The van der Waals surface area contributed by atoms with Gasteiger partial charge in [0, 0.05) is 17.1 Å². The van der Waals surface area contributed by atoms with E-state index in [1.54, 1.807) is 23.5 Å². The fourth-order valence-corrected chi connectivity index (χ4v) is 4.04. The van der Waals surface area contributed by atoms with E-state index in [0.717, 1.165) is 8.66 Å². The molecule has 1 heterocycles. The molecule has 0 unspecified atom stereocenters. The van der Waals surface area contributed by atoms with Gasteiger partial charge in [-0.3, -0.25) is 0 Å². The van der Waals surface area contributed by atoms with E-state index in [9.17, 15) is 8.42 Å². The molecule has 1 aromatic heterocycles. The van der Waals surface area contributed by atoms with E-state index in [0.29, 0.717) is 18.7 Å². The van der Waals surface area contributed by atoms with Gasteiger partial charge in [0.25, 0.3) is 0 Å². The van der Waals surface area contributed by atoms with Crippen molar-refractivity contribution in [2.45, 2.75) is 11.3 Å². The van der Waals surface area contributed by atoms with Crippen LogP contribution in [-0.4, -0.2) is 15.0 Å². The van der Waals surface area contributed by atoms with E-state index < -0.39 is 10.0 Å². The van der Waals surface area contributed by atoms with Crippen molar-refractivity contribution in [1.82, 2.24) is 4.72 Å². The Morgan fingerprint density at radius 2 is 1.84 bits per heavy atom. The summed E-state index contributed by atoms with van der Waals surface area (Å²) in [5, 5.41) is 0. The maximum Gasteiger partial charge on any atom is 0.240 e. The summed E-state index contributed by atoms with van der Waals surface area (Å²) in [4.78, 5) is 1.36. The van der Waals surface area contributed by atoms with Crippen LogP contribution in [0.15, 0.2) is 45.1 Å². The Kier molecular flexibility index (Phi) is 4.62. The number of thiophene rings is 1. The lowest BCUT2D eigenvalue weighted by Crippen LogP contribution is -2.25. The molecule has 1 aromatic carbocycles. The van der Waals surface area contributed by atoms with Crippen LogP contribution in [-0.2, 0) is 16.4 Å². The summed E-state index contributed by atoms with van der Waals surface area (Å²) >= 11 is 4.98. The Balaban J connectivity index is 1.96. The second-order valence-electron chi connectivity index (χ2n) is 3.92. The molecule has 0 aliphatic rings. The van der Waals surface area contributed by atoms with Gasteiger partial charge in [-0.2, -0.15) is 0 Å². The molecule has 0 amide bonds. The van der Waals surface area contributed by atoms with Crippen LogP contribution in [0, 0.1) is 0 Å². The normalized spacial score (nSPS) is 11.6. The lowest BCUT2D eigenvalue weighted by Gasteiger charge is -2.06. The van der Waals surface area contributed by atoms with Crippen molar-refractivity contribution in [1.29, 1.82) is 0 Å². The molecule has 0 radical (unpaired) electrons. The number of hydrogen-bond donors (Lipinski definition) is 2. The van der Waals surface area contributed by atoms with Gasteiger partial charge in [0.05, 0.1) is 8.68 Å². The highest BCUT2D eigenvalue weighted by Crippen LogP contribution is 2.22. The van der Waals surface area contributed by atoms with E-state index in [-0.39, 0.29) is 4.90 Å². The first kappa shape index (κ1) is 14.5. The average molecular weight is 361 g/mol. The number of nitrogens with two attached hydrogens (primary N) is 1. The molecule has 2 aromatic rings. The van der Waals surface area contributed by atoms with Crippen molar-refractivity contribution in [3.8, 4) is 0 Å². The molecule has 0 fully saturated rings. The fourth-order valence-electron chi connectivity index (χ4n) is 1.53. The molecule has 0 saturated carbocycles. The van der Waals surface area contributed by atoms with Crippen LogP contribution < -0.4 is 10.5 Å². The smallest absolute Gasteiger partial charge is 0.240 e. The topological polar surface area (TPSA) is 72.2 Å². The van der Waals surface area contributed by atoms with Crippen LogP contribution in [0.4, 0.5) is 5.69 Å². The molecule has 0 aliphatic heterocycles. The fraction of sp³-hybridized carbons (Fsp3) is 0.167. The van der Waals surface area contributed by atoms with Crippen LogP contribution in [0.1, 0.15) is 4.88 Å². The number of anilines is 1. The van der Waals surface area contributed by atoms with Gasteiger partial charge in [-0.05, 0) is 58.7 Å². The second kappa shape index (κ2) is 6.04. The third-order valence-electron chi connectivity index (χ3n) is 2.48. The molecular weight excluding hydrogens is 348 g/mol. The van der Waals surface area contributed by atoms with Gasteiger partial charge < -0.3 is 5.73 Å². The third kappa shape index (κ3) is 4.04. The van der Waals surface area contributed by atoms with E-state index in [1.807, 2.05) is 12.1 Å². The Morgan fingerprint density at radius 3 is 2.42 bits per heavy atom. The Morgan fingerprint density at radius 1 is 1.16 bits per heavy atom. The molecule has 0 spiro atoms. The van der Waals surface area contributed by atoms with Crippen molar-refractivity contribution in [3.63, 3.8) is 0 Å². The maximum atomic E-state index is 12.0. The first-order chi connectivity index (χ1) is 8.97. The van der Waals surface area contributed by atoms with Gasteiger partial charge in [0.1, 0.15) is 0 Å². The average Bonchev–Trinajstić information content (AvgIpc) is 2.75. The van der Waals surface area contributed by atoms with Gasteiger partial charge in [-0.25, -0.2) is 13.1 Å². The monoisotopic (exact) mass is 360 g/mol. The summed E-state index contributed by atoms with van der Waals surface area (Å²) in [6.07, 6.45) is 0.671. The summed E-state index contributed by atoms with van der Waals surface area (Å²) in [6, 6.07) is 10.1. The quantitative estimate of drug-likeness (QED) is 0.805. The van der Waals surface area contributed by atoms with Gasteiger partial charge in [0.2, 0.25) is 10.0 Å². The van der Waals surface area contributed by atoms with Crippen molar-refractivity contribution < 1.29 is 8.42 Å². The molecule has 0 saturated heterocycles. The number of hydrogen-bond acceptors (Lipinski definition) is 4. The zero-order valence-electron chi connectivity index (χ0n) is 9.97. The highest BCUT2D eigenvalue weighted by atomic mass is 79.9. The SMILES string of the molecule is Nc1ccc(S(=O)(=O)NCCc2ccc(Br)s2)cc1. The third-order valence-corrected chi connectivity index (χ3v) is 5.64. The largest absolute Gasteiger partial charge is 0.399 e. The van der Waals surface area contributed by atoms with Crippen LogP contribution in [0.2, 0.25) is 0 Å². The van der Waals surface area contributed by atoms with E-state index in [1.165, 1.54) is 12.1 Å². The zero-order valence-corrected chi connectivity index (χ0v) is 13.2. The number of sulfonamides is 1. The van der Waals surface area contributed by atoms with Crippen molar-refractivity contribution in [2.24, 2.45) is 0 Å². The van der Waals surface area contributed by atoms with Crippen molar-refractivity contribution >= 4 is 43.0 Å². The lowest BCUT2D eigenvalue weighted by atomic mass is 10.3. The predicted molar refractivity (Wildman–Crippen MR) is 81.8 cm³/mol. The zero-order chi connectivity index (χ0) is 13.9. The van der Waals surface area contributed by atoms with Gasteiger partial charge in [-0.1, -0.05) is 0 Å². The first-order valence-electron chi connectivity index (χ1n) is 5.57. The molecule has 2 rings (SSSR count). The lowest BCUT2D eigenvalue weighted by molar-refractivity contribution is 0.582. The molecule has 7 heteroatoms. The summed E-state index contributed by atoms with van der Waals surface area (Å²) in [5.41, 5.74) is 6.07. The number of nitrogens with one attached hydrogen (secondary N) is 1. The van der Waals surface area contributed by atoms with E-state index in [4.69, 9.17) is 5.73 Å². The molecule has 19 heavy (non-hydrogen) atoms. The van der Waals surface area contributed by atoms with Gasteiger partial charge in [-0.15, -0.1) is 11.3 Å². The molecule has 102 valence electrons. The standard InChI is InChI=1S/C12H13BrN2O2S2/c13-12-6-3-10(18-12)7-8-15-19(16,17)11-4-1-9(14)2-5-11/h1-6,15H,7-8,14H2. The van der Waals surface area contributed by atoms with Crippen molar-refractivity contribution in [3.05, 3.63) is 45.1 Å². The predicted octanol–water partition coefficient (Wildman–Crippen LogP) is 2.61. The Hall–Kier alpha value is -0.890. The van der Waals surface area contributed by atoms with E-state index >= 15 is 0 Å². The van der Waals surface area contributed by atoms with E-state index in [2.05, 4.69) is 20.7 Å². The highest BCUT2D eigenvalue weighted by Gasteiger charge is 2.12. The van der Waals surface area contributed by atoms with Crippen LogP contribution in [0.3, 0.4) is 0 Å². The number of benzene rings is 1. The molecule has 0 bridgehead atoms. The second-order valence-corrected chi connectivity index (χ2v) is 8.24. The van der Waals surface area contributed by atoms with Crippen LogP contribution >= 0.6 is 27.3 Å². The molecule has 0 atom stereocenters. The summed E-state index contributed by atoms with van der Waals surface area (Å²) in [7, 11) is -3.45. The summed E-state index contributed by atoms with van der Waals surface area (Å²) in [5.74, 6) is 0. The maximum absolute atomic E-state index is 12.0. The number of nitrogen functional groups attached to an aromatic ring is 1. The highest BCUT2D eigenvalue weighted by molar-refractivity contribution is 9.11.